The van der Waals surface area contributed by atoms with Gasteiger partial charge >= 0.3 is 5.97 Å². The minimum Gasteiger partial charge on any atom is -0.478 e. The van der Waals surface area contributed by atoms with Crippen LogP contribution in [-0.2, 0) is 9.59 Å². The Morgan fingerprint density at radius 2 is 2.10 bits per heavy atom. The molecule has 0 aromatic heterocycles. The van der Waals surface area contributed by atoms with Crippen molar-refractivity contribution in [1.29, 1.82) is 0 Å². The molecule has 0 saturated heterocycles. The number of benzene rings is 1. The molecule has 0 bridgehead atoms. The van der Waals surface area contributed by atoms with Gasteiger partial charge in [-0.2, -0.15) is 5.10 Å². The molecule has 8 nitrogen and oxygen atoms in total. The average molecular weight is 277 g/mol. The Morgan fingerprint density at radius 3 is 2.70 bits per heavy atom. The highest BCUT2D eigenvalue weighted by atomic mass is 16.6. The topological polar surface area (TPSA) is 122 Å². The lowest BCUT2D eigenvalue weighted by Crippen LogP contribution is -2.17. The van der Waals surface area contributed by atoms with Crippen molar-refractivity contribution in [3.63, 3.8) is 0 Å². The number of nitro benzene ring substituents is 1. The van der Waals surface area contributed by atoms with E-state index in [0.29, 0.717) is 17.4 Å². The van der Waals surface area contributed by atoms with Crippen LogP contribution in [0.25, 0.3) is 0 Å². The van der Waals surface area contributed by atoms with Gasteiger partial charge in [0.25, 0.3) is 11.6 Å². The summed E-state index contributed by atoms with van der Waals surface area (Å²) in [7, 11) is 0. The number of non-ortho nitro benzene ring substituents is 1. The Kier molecular flexibility index (Phi) is 5.10. The highest BCUT2D eigenvalue weighted by molar-refractivity contribution is 6.00. The first-order valence-corrected chi connectivity index (χ1v) is 5.40. The first-order valence-electron chi connectivity index (χ1n) is 5.40. The lowest BCUT2D eigenvalue weighted by Gasteiger charge is -2.01. The van der Waals surface area contributed by atoms with Gasteiger partial charge in [-0.25, -0.2) is 10.2 Å². The normalized spacial score (nSPS) is 11.3. The molecule has 20 heavy (non-hydrogen) atoms. The zero-order chi connectivity index (χ0) is 15.1. The minimum atomic E-state index is -1.25. The molecular formula is C12H11N3O5. The second-order valence-corrected chi connectivity index (χ2v) is 3.65. The van der Waals surface area contributed by atoms with E-state index in [1.165, 1.54) is 18.2 Å². The number of hydrazone groups is 1. The summed E-state index contributed by atoms with van der Waals surface area (Å²) in [6.07, 6.45) is 1.49. The number of rotatable bonds is 5. The molecule has 0 heterocycles. The maximum absolute atomic E-state index is 11.2. The number of nitro groups is 1. The van der Waals surface area contributed by atoms with Gasteiger partial charge in [-0.1, -0.05) is 12.1 Å². The van der Waals surface area contributed by atoms with Crippen molar-refractivity contribution in [1.82, 2.24) is 5.43 Å². The van der Waals surface area contributed by atoms with Gasteiger partial charge in [-0.3, -0.25) is 14.9 Å². The van der Waals surface area contributed by atoms with E-state index in [-0.39, 0.29) is 5.69 Å². The number of aliphatic carboxylic acids is 1. The van der Waals surface area contributed by atoms with Gasteiger partial charge in [0, 0.05) is 29.8 Å². The fourth-order valence-electron chi connectivity index (χ4n) is 1.23. The maximum Gasteiger partial charge on any atom is 0.328 e. The molecule has 0 aliphatic heterocycles. The Balaban J connectivity index is 2.79. The zero-order valence-corrected chi connectivity index (χ0v) is 10.4. The van der Waals surface area contributed by atoms with Crippen LogP contribution in [0.3, 0.4) is 0 Å². The summed E-state index contributed by atoms with van der Waals surface area (Å²) in [5.74, 6) is -1.96. The SMILES string of the molecule is C/C(=N/NC(=O)/C=C\C(=O)O)c1cccc([N+](=O)[O-])c1. The third kappa shape index (κ3) is 4.69. The minimum absolute atomic E-state index is 0.0888. The van der Waals surface area contributed by atoms with Crippen molar-refractivity contribution in [3.05, 3.63) is 52.1 Å². The van der Waals surface area contributed by atoms with E-state index in [0.717, 1.165) is 6.08 Å². The second kappa shape index (κ2) is 6.78. The Labute approximate surface area is 113 Å². The van der Waals surface area contributed by atoms with Crippen LogP contribution in [0.2, 0.25) is 0 Å². The summed E-state index contributed by atoms with van der Waals surface area (Å²) in [6.45, 7) is 1.56. The smallest absolute Gasteiger partial charge is 0.328 e. The van der Waals surface area contributed by atoms with Gasteiger partial charge in [0.2, 0.25) is 0 Å². The Hall–Kier alpha value is -3.03. The largest absolute Gasteiger partial charge is 0.478 e. The molecule has 0 aliphatic rings. The van der Waals surface area contributed by atoms with Gasteiger partial charge in [0.1, 0.15) is 0 Å². The molecule has 0 fully saturated rings. The molecule has 8 heteroatoms. The van der Waals surface area contributed by atoms with Crippen molar-refractivity contribution in [2.45, 2.75) is 6.92 Å². The van der Waals surface area contributed by atoms with Gasteiger partial charge in [0.15, 0.2) is 0 Å². The summed E-state index contributed by atoms with van der Waals surface area (Å²) in [4.78, 5) is 31.5. The molecule has 0 unspecified atom stereocenters. The van der Waals surface area contributed by atoms with E-state index in [2.05, 4.69) is 10.5 Å². The number of nitrogens with one attached hydrogen (secondary N) is 1. The highest BCUT2D eigenvalue weighted by Gasteiger charge is 2.07. The number of hydrogen-bond acceptors (Lipinski definition) is 5. The Bertz CT molecular complexity index is 607. The molecule has 0 saturated carbocycles. The van der Waals surface area contributed by atoms with Crippen LogP contribution in [0.1, 0.15) is 12.5 Å². The third-order valence-corrected chi connectivity index (χ3v) is 2.19. The number of hydrogen-bond donors (Lipinski definition) is 2. The van der Waals surface area contributed by atoms with E-state index >= 15 is 0 Å². The van der Waals surface area contributed by atoms with Crippen LogP contribution < -0.4 is 5.43 Å². The van der Waals surface area contributed by atoms with Crippen LogP contribution in [0.15, 0.2) is 41.5 Å². The molecule has 0 aliphatic carbocycles. The molecule has 2 N–H and O–H groups in total. The fourth-order valence-corrected chi connectivity index (χ4v) is 1.23. The summed E-state index contributed by atoms with van der Waals surface area (Å²) in [5.41, 5.74) is 2.85. The van der Waals surface area contributed by atoms with Gasteiger partial charge in [0.05, 0.1) is 10.6 Å². The van der Waals surface area contributed by atoms with Gasteiger partial charge in [-0.15, -0.1) is 0 Å². The lowest BCUT2D eigenvalue weighted by molar-refractivity contribution is -0.384. The molecule has 0 atom stereocenters. The third-order valence-electron chi connectivity index (χ3n) is 2.19. The van der Waals surface area contributed by atoms with Crippen molar-refractivity contribution in [3.8, 4) is 0 Å². The molecule has 104 valence electrons. The lowest BCUT2D eigenvalue weighted by atomic mass is 10.1. The zero-order valence-electron chi connectivity index (χ0n) is 10.4. The van der Waals surface area contributed by atoms with Crippen molar-refractivity contribution in [2.24, 2.45) is 5.10 Å². The first kappa shape index (κ1) is 15.0. The standard InChI is InChI=1S/C12H11N3O5/c1-8(13-14-11(16)5-6-12(17)18)9-3-2-4-10(7-9)15(19)20/h2-7H,1H3,(H,14,16)(H,17,18)/b6-5-,13-8-. The van der Waals surface area contributed by atoms with Crippen LogP contribution in [-0.4, -0.2) is 27.6 Å². The first-order chi connectivity index (χ1) is 9.40. The van der Waals surface area contributed by atoms with Gasteiger partial charge < -0.3 is 5.11 Å². The van der Waals surface area contributed by atoms with E-state index in [4.69, 9.17) is 5.11 Å². The molecule has 1 aromatic rings. The van der Waals surface area contributed by atoms with E-state index in [1.807, 2.05) is 0 Å². The molecule has 0 spiro atoms. The van der Waals surface area contributed by atoms with Crippen LogP contribution in [0, 0.1) is 10.1 Å². The van der Waals surface area contributed by atoms with Crippen LogP contribution in [0.4, 0.5) is 5.69 Å². The Morgan fingerprint density at radius 1 is 1.40 bits per heavy atom. The van der Waals surface area contributed by atoms with E-state index in [1.54, 1.807) is 13.0 Å². The summed E-state index contributed by atoms with van der Waals surface area (Å²) in [6, 6.07) is 5.76. The van der Waals surface area contributed by atoms with Crippen LogP contribution >= 0.6 is 0 Å². The van der Waals surface area contributed by atoms with Crippen LogP contribution in [0.5, 0.6) is 0 Å². The summed E-state index contributed by atoms with van der Waals surface area (Å²) in [5, 5.41) is 22.7. The van der Waals surface area contributed by atoms with Crippen molar-refractivity contribution in [2.75, 3.05) is 0 Å². The number of amides is 1. The molecule has 1 amide bonds. The number of carboxylic acids is 1. The quantitative estimate of drug-likeness (QED) is 0.361. The van der Waals surface area contributed by atoms with Crippen molar-refractivity contribution < 1.29 is 19.6 Å². The second-order valence-electron chi connectivity index (χ2n) is 3.65. The monoisotopic (exact) mass is 277 g/mol. The maximum atomic E-state index is 11.2. The number of nitrogens with zero attached hydrogens (tertiary/aromatic N) is 2. The molecule has 1 aromatic carbocycles. The number of carboxylic acid groups (broad SMARTS) is 1. The van der Waals surface area contributed by atoms with E-state index in [9.17, 15) is 19.7 Å². The predicted molar refractivity (Wildman–Crippen MR) is 70.2 cm³/mol. The van der Waals surface area contributed by atoms with Crippen molar-refractivity contribution >= 4 is 23.3 Å². The average Bonchev–Trinajstić information content (AvgIpc) is 2.42. The molecule has 0 radical (unpaired) electrons. The number of carbonyl (C=O) groups excluding carboxylic acids is 1. The van der Waals surface area contributed by atoms with E-state index < -0.39 is 16.8 Å². The van der Waals surface area contributed by atoms with Gasteiger partial charge in [-0.05, 0) is 6.92 Å². The summed E-state index contributed by atoms with van der Waals surface area (Å²) >= 11 is 0. The summed E-state index contributed by atoms with van der Waals surface area (Å²) < 4.78 is 0. The fraction of sp³-hybridized carbons (Fsp3) is 0.0833. The molecular weight excluding hydrogens is 266 g/mol. The molecule has 1 rings (SSSR count). The predicted octanol–water partition coefficient (Wildman–Crippen LogP) is 1.08. The highest BCUT2D eigenvalue weighted by Crippen LogP contribution is 2.13. The number of carbonyl (C=O) groups is 2.